The van der Waals surface area contributed by atoms with E-state index < -0.39 is 49.4 Å². The van der Waals surface area contributed by atoms with Crippen LogP contribution in [0.2, 0.25) is 0 Å². The maximum Gasteiger partial charge on any atom is 0.306 e. The van der Waals surface area contributed by atoms with Crippen LogP contribution in [0.1, 0.15) is 174 Å². The molecule has 0 aliphatic carbocycles. The number of aliphatic hydroxyl groups excluding tert-OH is 4. The number of hydrogen-bond donors (Lipinski definition) is 4. The molecule has 10 heteroatoms. The van der Waals surface area contributed by atoms with Gasteiger partial charge >= 0.3 is 11.9 Å². The van der Waals surface area contributed by atoms with Crippen LogP contribution in [0, 0.1) is 0 Å². The summed E-state index contributed by atoms with van der Waals surface area (Å²) < 4.78 is 22.1. The first-order valence-electron chi connectivity index (χ1n) is 20.3. The second-order valence-corrected chi connectivity index (χ2v) is 14.1. The fourth-order valence-electron chi connectivity index (χ4n) is 6.12. The van der Waals surface area contributed by atoms with E-state index in [9.17, 15) is 30.0 Å². The predicted molar refractivity (Wildman–Crippen MR) is 196 cm³/mol. The molecule has 10 nitrogen and oxygen atoms in total. The SMILES string of the molecule is CCCCCC/C=C/CCCCCCCC(=O)OC[C@@H](CO[C@H]1O[C@@H](CO)[C@@H](O)C(O)C1O)OC(=O)CCCCCCCCCCCCCC. The van der Waals surface area contributed by atoms with E-state index in [0.717, 1.165) is 57.8 Å². The summed E-state index contributed by atoms with van der Waals surface area (Å²) in [4.78, 5) is 25.2. The molecule has 0 saturated carbocycles. The zero-order valence-electron chi connectivity index (χ0n) is 31.7. The highest BCUT2D eigenvalue weighted by atomic mass is 16.7. The van der Waals surface area contributed by atoms with Gasteiger partial charge in [-0.2, -0.15) is 0 Å². The molecular formula is C40H74O10. The summed E-state index contributed by atoms with van der Waals surface area (Å²) in [6.07, 6.45) is 23.6. The van der Waals surface area contributed by atoms with Crippen LogP contribution in [0.15, 0.2) is 12.2 Å². The second-order valence-electron chi connectivity index (χ2n) is 14.1. The minimum atomic E-state index is -1.59. The highest BCUT2D eigenvalue weighted by Crippen LogP contribution is 2.22. The first kappa shape index (κ1) is 46.5. The standard InChI is InChI=1S/C40H74O10/c1-3-5-7-9-11-13-15-17-19-20-22-24-26-28-35(42)47-31-33(32-48-40-39(46)38(45)37(44)34(30-41)50-40)49-36(43)29-27-25-23-21-18-16-14-12-10-8-6-4-2/h13,15,33-34,37-41,44-46H,3-12,14,16-32H2,1-2H3/b15-13+/t33-,34-,37+,38?,39?,40-/m0/s1. The molecule has 0 spiro atoms. The number of hydrogen-bond acceptors (Lipinski definition) is 10. The molecule has 1 fully saturated rings. The summed E-state index contributed by atoms with van der Waals surface area (Å²) in [6, 6.07) is 0. The highest BCUT2D eigenvalue weighted by molar-refractivity contribution is 5.70. The lowest BCUT2D eigenvalue weighted by atomic mass is 9.99. The second kappa shape index (κ2) is 32.1. The van der Waals surface area contributed by atoms with E-state index in [0.29, 0.717) is 6.42 Å². The van der Waals surface area contributed by atoms with Gasteiger partial charge in [-0.3, -0.25) is 9.59 Å². The van der Waals surface area contributed by atoms with Gasteiger partial charge in [-0.25, -0.2) is 0 Å². The Morgan fingerprint density at radius 2 is 1.06 bits per heavy atom. The van der Waals surface area contributed by atoms with Crippen LogP contribution in [-0.4, -0.2) is 89.0 Å². The van der Waals surface area contributed by atoms with Crippen molar-refractivity contribution in [2.45, 2.75) is 211 Å². The lowest BCUT2D eigenvalue weighted by Gasteiger charge is -2.39. The van der Waals surface area contributed by atoms with E-state index in [1.54, 1.807) is 0 Å². The Morgan fingerprint density at radius 1 is 0.600 bits per heavy atom. The number of carbonyl (C=O) groups is 2. The van der Waals surface area contributed by atoms with E-state index in [4.69, 9.17) is 18.9 Å². The molecule has 0 radical (unpaired) electrons. The maximum atomic E-state index is 12.7. The summed E-state index contributed by atoms with van der Waals surface area (Å²) in [6.45, 7) is 3.39. The molecule has 0 aromatic rings. The van der Waals surface area contributed by atoms with Crippen molar-refractivity contribution >= 4 is 11.9 Å². The monoisotopic (exact) mass is 715 g/mol. The first-order valence-corrected chi connectivity index (χ1v) is 20.3. The number of carbonyl (C=O) groups excluding carboxylic acids is 2. The quantitative estimate of drug-likeness (QED) is 0.0304. The van der Waals surface area contributed by atoms with Gasteiger partial charge < -0.3 is 39.4 Å². The number of rotatable bonds is 33. The lowest BCUT2D eigenvalue weighted by Crippen LogP contribution is -2.59. The Bertz CT molecular complexity index is 835. The van der Waals surface area contributed by atoms with E-state index >= 15 is 0 Å². The van der Waals surface area contributed by atoms with Crippen LogP contribution in [0.3, 0.4) is 0 Å². The van der Waals surface area contributed by atoms with Gasteiger partial charge in [-0.05, 0) is 38.5 Å². The Morgan fingerprint density at radius 3 is 1.58 bits per heavy atom. The molecule has 1 saturated heterocycles. The van der Waals surface area contributed by atoms with Gasteiger partial charge in [-0.1, -0.05) is 135 Å². The topological polar surface area (TPSA) is 152 Å². The van der Waals surface area contributed by atoms with Gasteiger partial charge in [0.25, 0.3) is 0 Å². The van der Waals surface area contributed by atoms with E-state index in [2.05, 4.69) is 26.0 Å². The van der Waals surface area contributed by atoms with Gasteiger partial charge in [0.1, 0.15) is 31.0 Å². The van der Waals surface area contributed by atoms with Crippen LogP contribution in [-0.2, 0) is 28.5 Å². The number of ether oxygens (including phenoxy) is 4. The van der Waals surface area contributed by atoms with Crippen LogP contribution in [0.5, 0.6) is 0 Å². The molecular weight excluding hydrogens is 640 g/mol. The Kier molecular flexibility index (Phi) is 29.8. The number of unbranched alkanes of at least 4 members (excludes halogenated alkanes) is 20. The van der Waals surface area contributed by atoms with Gasteiger partial charge in [-0.15, -0.1) is 0 Å². The highest BCUT2D eigenvalue weighted by Gasteiger charge is 2.44. The molecule has 1 rings (SSSR count). The molecule has 294 valence electrons. The van der Waals surface area contributed by atoms with Gasteiger partial charge in [0.05, 0.1) is 13.2 Å². The average molecular weight is 715 g/mol. The third kappa shape index (κ3) is 23.8. The number of allylic oxidation sites excluding steroid dienone is 2. The van der Waals surface area contributed by atoms with Crippen molar-refractivity contribution in [1.82, 2.24) is 0 Å². The number of esters is 2. The molecule has 0 amide bonds. The molecule has 1 heterocycles. The summed E-state index contributed by atoms with van der Waals surface area (Å²) in [7, 11) is 0. The van der Waals surface area contributed by atoms with E-state index in [1.807, 2.05) is 0 Å². The molecule has 1 aliphatic heterocycles. The van der Waals surface area contributed by atoms with Crippen molar-refractivity contribution in [3.05, 3.63) is 12.2 Å². The zero-order valence-corrected chi connectivity index (χ0v) is 31.7. The third-order valence-corrected chi connectivity index (χ3v) is 9.40. The van der Waals surface area contributed by atoms with Crippen LogP contribution >= 0.6 is 0 Å². The van der Waals surface area contributed by atoms with Crippen LogP contribution in [0.25, 0.3) is 0 Å². The summed E-state index contributed by atoms with van der Waals surface area (Å²) in [5.41, 5.74) is 0. The van der Waals surface area contributed by atoms with Gasteiger partial charge in [0.15, 0.2) is 12.4 Å². The molecule has 50 heavy (non-hydrogen) atoms. The molecule has 1 aliphatic rings. The Labute approximate surface area is 303 Å². The van der Waals surface area contributed by atoms with Crippen molar-refractivity contribution in [2.24, 2.45) is 0 Å². The normalized spacial score (nSPS) is 21.4. The molecule has 0 aromatic carbocycles. The Balaban J connectivity index is 2.38. The van der Waals surface area contributed by atoms with Gasteiger partial charge in [0.2, 0.25) is 0 Å². The van der Waals surface area contributed by atoms with Crippen molar-refractivity contribution in [2.75, 3.05) is 19.8 Å². The average Bonchev–Trinajstić information content (AvgIpc) is 3.11. The maximum absolute atomic E-state index is 12.7. The smallest absolute Gasteiger partial charge is 0.306 e. The first-order chi connectivity index (χ1) is 24.3. The zero-order chi connectivity index (χ0) is 36.7. The fraction of sp³-hybridized carbons (Fsp3) is 0.900. The van der Waals surface area contributed by atoms with Crippen LogP contribution in [0.4, 0.5) is 0 Å². The fourth-order valence-corrected chi connectivity index (χ4v) is 6.12. The molecule has 2 unspecified atom stereocenters. The number of aliphatic hydroxyl groups is 4. The molecule has 0 bridgehead atoms. The van der Waals surface area contributed by atoms with Crippen molar-refractivity contribution in [3.63, 3.8) is 0 Å². The minimum Gasteiger partial charge on any atom is -0.462 e. The van der Waals surface area contributed by atoms with Crippen molar-refractivity contribution < 1.29 is 49.0 Å². The molecule has 0 aromatic heterocycles. The largest absolute Gasteiger partial charge is 0.462 e. The lowest BCUT2D eigenvalue weighted by molar-refractivity contribution is -0.305. The summed E-state index contributed by atoms with van der Waals surface area (Å²) >= 11 is 0. The summed E-state index contributed by atoms with van der Waals surface area (Å²) in [5, 5.41) is 39.9. The molecule has 4 N–H and O–H groups in total. The predicted octanol–water partition coefficient (Wildman–Crippen LogP) is 7.61. The van der Waals surface area contributed by atoms with Crippen LogP contribution < -0.4 is 0 Å². The third-order valence-electron chi connectivity index (χ3n) is 9.40. The Hall–Kier alpha value is -1.56. The molecule has 6 atom stereocenters. The van der Waals surface area contributed by atoms with E-state index in [-0.39, 0.29) is 32.0 Å². The van der Waals surface area contributed by atoms with Gasteiger partial charge in [0, 0.05) is 12.8 Å². The minimum absolute atomic E-state index is 0.217. The summed E-state index contributed by atoms with van der Waals surface area (Å²) in [5.74, 6) is -0.812. The van der Waals surface area contributed by atoms with Crippen molar-refractivity contribution in [1.29, 1.82) is 0 Å². The van der Waals surface area contributed by atoms with Crippen molar-refractivity contribution in [3.8, 4) is 0 Å². The van der Waals surface area contributed by atoms with E-state index in [1.165, 1.54) is 83.5 Å².